The van der Waals surface area contributed by atoms with E-state index in [2.05, 4.69) is 4.98 Å². The van der Waals surface area contributed by atoms with Crippen molar-refractivity contribution in [2.24, 2.45) is 0 Å². The standard InChI is InChI=1S/C30H31N3O7/c1-38-21-12-8-19(9-13-21)30(18-6-4-3-5-7-18,20-10-14-22(39-2)15-11-20)23-16-33(29(37)32-27(23)31)28-26(36)25(35)24(17-34)40-28/h3-16,24-26,28,34-36H,17H2,1-2H3,(H2,31,32,37)/t24-,25-,26-,28-/m1/s1. The first-order chi connectivity index (χ1) is 19.3. The smallest absolute Gasteiger partial charge is 0.351 e. The van der Waals surface area contributed by atoms with Gasteiger partial charge in [0.1, 0.15) is 35.6 Å². The van der Waals surface area contributed by atoms with Crippen molar-refractivity contribution < 1.29 is 29.5 Å². The molecule has 10 heteroatoms. The van der Waals surface area contributed by atoms with Crippen molar-refractivity contribution in [1.82, 2.24) is 9.55 Å². The van der Waals surface area contributed by atoms with Gasteiger partial charge in [-0.15, -0.1) is 0 Å². The van der Waals surface area contributed by atoms with Crippen molar-refractivity contribution in [3.05, 3.63) is 118 Å². The fourth-order valence-corrected chi connectivity index (χ4v) is 5.40. The minimum absolute atomic E-state index is 0.0246. The van der Waals surface area contributed by atoms with Crippen molar-refractivity contribution in [3.8, 4) is 11.5 Å². The number of nitrogens with two attached hydrogens (primary N) is 1. The highest BCUT2D eigenvalue weighted by Gasteiger charge is 2.46. The Labute approximate surface area is 230 Å². The Bertz CT molecular complexity index is 1460. The number of ether oxygens (including phenoxy) is 3. The molecule has 5 N–H and O–H groups in total. The highest BCUT2D eigenvalue weighted by Crippen LogP contribution is 2.47. The largest absolute Gasteiger partial charge is 0.497 e. The summed E-state index contributed by atoms with van der Waals surface area (Å²) in [6.07, 6.45) is -3.75. The third kappa shape index (κ3) is 4.50. The second-order valence-corrected chi connectivity index (χ2v) is 9.53. The van der Waals surface area contributed by atoms with Crippen LogP contribution in [0.5, 0.6) is 11.5 Å². The van der Waals surface area contributed by atoms with Crippen molar-refractivity contribution >= 4 is 5.82 Å². The lowest BCUT2D eigenvalue weighted by atomic mass is 9.65. The van der Waals surface area contributed by atoms with Crippen LogP contribution in [0.3, 0.4) is 0 Å². The molecule has 3 aromatic carbocycles. The molecular weight excluding hydrogens is 514 g/mol. The number of hydrogen-bond acceptors (Lipinski definition) is 9. The lowest BCUT2D eigenvalue weighted by Crippen LogP contribution is -2.39. The van der Waals surface area contributed by atoms with E-state index in [1.165, 1.54) is 6.20 Å². The Balaban J connectivity index is 1.85. The maximum atomic E-state index is 13.1. The Kier molecular flexibility index (Phi) is 7.59. The zero-order chi connectivity index (χ0) is 28.4. The molecule has 0 spiro atoms. The number of aliphatic hydroxyl groups excluding tert-OH is 3. The maximum Gasteiger partial charge on any atom is 0.351 e. The van der Waals surface area contributed by atoms with Crippen LogP contribution in [-0.2, 0) is 10.2 Å². The molecule has 1 aliphatic rings. The summed E-state index contributed by atoms with van der Waals surface area (Å²) in [5, 5.41) is 30.7. The Morgan fingerprint density at radius 3 is 1.88 bits per heavy atom. The average Bonchev–Trinajstić information content (AvgIpc) is 3.28. The van der Waals surface area contributed by atoms with Crippen LogP contribution in [-0.4, -0.2) is 64.0 Å². The van der Waals surface area contributed by atoms with Gasteiger partial charge in [-0.3, -0.25) is 4.57 Å². The second-order valence-electron chi connectivity index (χ2n) is 9.53. The van der Waals surface area contributed by atoms with Gasteiger partial charge in [0.25, 0.3) is 0 Å². The average molecular weight is 546 g/mol. The fraction of sp³-hybridized carbons (Fsp3) is 0.267. The summed E-state index contributed by atoms with van der Waals surface area (Å²) in [6.45, 7) is -0.537. The summed E-state index contributed by atoms with van der Waals surface area (Å²) >= 11 is 0. The molecule has 2 heterocycles. The molecule has 10 nitrogen and oxygen atoms in total. The number of hydrogen-bond donors (Lipinski definition) is 4. The van der Waals surface area contributed by atoms with Gasteiger partial charge in [0.05, 0.1) is 26.2 Å². The van der Waals surface area contributed by atoms with Crippen molar-refractivity contribution in [1.29, 1.82) is 0 Å². The molecule has 0 unspecified atom stereocenters. The van der Waals surface area contributed by atoms with E-state index in [4.69, 9.17) is 19.9 Å². The Morgan fingerprint density at radius 2 is 1.40 bits per heavy atom. The highest BCUT2D eigenvalue weighted by atomic mass is 16.6. The molecule has 4 aromatic rings. The van der Waals surface area contributed by atoms with E-state index in [-0.39, 0.29) is 5.82 Å². The minimum Gasteiger partial charge on any atom is -0.497 e. The molecule has 1 fully saturated rings. The maximum absolute atomic E-state index is 13.1. The van der Waals surface area contributed by atoms with E-state index in [1.54, 1.807) is 14.2 Å². The van der Waals surface area contributed by atoms with E-state index >= 15 is 0 Å². The number of anilines is 1. The van der Waals surface area contributed by atoms with E-state index in [0.29, 0.717) is 17.1 Å². The van der Waals surface area contributed by atoms with Crippen LogP contribution in [0.4, 0.5) is 5.82 Å². The number of aliphatic hydroxyl groups is 3. The molecule has 5 rings (SSSR count). The summed E-state index contributed by atoms with van der Waals surface area (Å²) in [6, 6.07) is 24.6. The number of nitrogen functional groups attached to an aromatic ring is 1. The molecule has 0 amide bonds. The molecule has 0 radical (unpaired) electrons. The number of aromatic nitrogens is 2. The van der Waals surface area contributed by atoms with Crippen molar-refractivity contribution in [3.63, 3.8) is 0 Å². The predicted octanol–water partition coefficient (Wildman–Crippen LogP) is 1.84. The van der Waals surface area contributed by atoms with E-state index in [1.807, 2.05) is 78.9 Å². The highest BCUT2D eigenvalue weighted by molar-refractivity contribution is 5.65. The van der Waals surface area contributed by atoms with Gasteiger partial charge in [0, 0.05) is 11.8 Å². The van der Waals surface area contributed by atoms with Crippen LogP contribution in [0, 0.1) is 0 Å². The van der Waals surface area contributed by atoms with Gasteiger partial charge in [0.2, 0.25) is 0 Å². The van der Waals surface area contributed by atoms with Gasteiger partial charge in [-0.05, 0) is 41.0 Å². The summed E-state index contributed by atoms with van der Waals surface area (Å²) in [5.41, 5.74) is 7.52. The predicted molar refractivity (Wildman–Crippen MR) is 147 cm³/mol. The lowest BCUT2D eigenvalue weighted by molar-refractivity contribution is -0.0550. The van der Waals surface area contributed by atoms with Crippen LogP contribution in [0.25, 0.3) is 0 Å². The van der Waals surface area contributed by atoms with Crippen LogP contribution >= 0.6 is 0 Å². The minimum atomic E-state index is -1.48. The van der Waals surface area contributed by atoms with Gasteiger partial charge in [-0.1, -0.05) is 54.6 Å². The Morgan fingerprint density at radius 1 is 0.875 bits per heavy atom. The van der Waals surface area contributed by atoms with Gasteiger partial charge in [-0.25, -0.2) is 4.79 Å². The third-order valence-electron chi connectivity index (χ3n) is 7.43. The molecule has 4 atom stereocenters. The number of nitrogens with zero attached hydrogens (tertiary/aromatic N) is 2. The molecule has 208 valence electrons. The van der Waals surface area contributed by atoms with Gasteiger partial charge in [-0.2, -0.15) is 4.98 Å². The molecule has 40 heavy (non-hydrogen) atoms. The SMILES string of the molecule is COc1ccc(C(c2ccccc2)(c2ccc(OC)cc2)c2cn([C@@H]3O[C@H](CO)[C@@H](O)[C@H]3O)c(=O)nc2N)cc1. The molecule has 0 aliphatic carbocycles. The van der Waals surface area contributed by atoms with Crippen molar-refractivity contribution in [2.75, 3.05) is 26.6 Å². The van der Waals surface area contributed by atoms with Crippen LogP contribution in [0.1, 0.15) is 28.5 Å². The van der Waals surface area contributed by atoms with Gasteiger partial charge < -0.3 is 35.3 Å². The van der Waals surface area contributed by atoms with Crippen LogP contribution in [0.2, 0.25) is 0 Å². The third-order valence-corrected chi connectivity index (χ3v) is 7.43. The number of benzene rings is 3. The summed E-state index contributed by atoms with van der Waals surface area (Å²) in [4.78, 5) is 17.3. The van der Waals surface area contributed by atoms with E-state index < -0.39 is 42.3 Å². The molecule has 1 aromatic heterocycles. The Hall–Kier alpha value is -4.22. The first-order valence-corrected chi connectivity index (χ1v) is 12.7. The topological polar surface area (TPSA) is 149 Å². The monoisotopic (exact) mass is 545 g/mol. The zero-order valence-corrected chi connectivity index (χ0v) is 22.0. The fourth-order valence-electron chi connectivity index (χ4n) is 5.40. The van der Waals surface area contributed by atoms with Crippen molar-refractivity contribution in [2.45, 2.75) is 30.0 Å². The molecule has 0 bridgehead atoms. The first-order valence-electron chi connectivity index (χ1n) is 12.7. The number of rotatable bonds is 8. The second kappa shape index (κ2) is 11.1. The van der Waals surface area contributed by atoms with Gasteiger partial charge >= 0.3 is 5.69 Å². The lowest BCUT2D eigenvalue weighted by Gasteiger charge is -2.37. The molecule has 0 saturated carbocycles. The molecule has 1 aliphatic heterocycles. The molecular formula is C30H31N3O7. The quantitative estimate of drug-likeness (QED) is 0.243. The van der Waals surface area contributed by atoms with Crippen LogP contribution < -0.4 is 20.9 Å². The zero-order valence-electron chi connectivity index (χ0n) is 22.0. The molecule has 1 saturated heterocycles. The summed E-state index contributed by atoms with van der Waals surface area (Å²) in [5.74, 6) is 1.29. The van der Waals surface area contributed by atoms with E-state index in [0.717, 1.165) is 21.3 Å². The number of methoxy groups -OCH3 is 2. The normalized spacial score (nSPS) is 20.8. The first kappa shape index (κ1) is 27.4. The van der Waals surface area contributed by atoms with Crippen LogP contribution in [0.15, 0.2) is 89.9 Å². The summed E-state index contributed by atoms with van der Waals surface area (Å²) < 4.78 is 17.6. The summed E-state index contributed by atoms with van der Waals surface area (Å²) in [7, 11) is 3.17. The van der Waals surface area contributed by atoms with E-state index in [9.17, 15) is 20.1 Å². The van der Waals surface area contributed by atoms with Gasteiger partial charge in [0.15, 0.2) is 6.23 Å².